The lowest BCUT2D eigenvalue weighted by Crippen LogP contribution is -2.50. The molecular formula is C16H19Cl2N3O4. The van der Waals surface area contributed by atoms with Crippen LogP contribution in [0, 0.1) is 0 Å². The Balaban J connectivity index is 1.87. The van der Waals surface area contributed by atoms with Crippen LogP contribution in [0.2, 0.25) is 10.0 Å². The van der Waals surface area contributed by atoms with Crippen LogP contribution >= 0.6 is 23.2 Å². The van der Waals surface area contributed by atoms with E-state index in [0.717, 1.165) is 0 Å². The summed E-state index contributed by atoms with van der Waals surface area (Å²) in [4.78, 5) is 38.5. The predicted octanol–water partition coefficient (Wildman–Crippen LogP) is 1.47. The van der Waals surface area contributed by atoms with Crippen LogP contribution in [-0.4, -0.2) is 64.9 Å². The summed E-state index contributed by atoms with van der Waals surface area (Å²) in [6.45, 7) is 1.54. The fourth-order valence-corrected chi connectivity index (χ4v) is 3.04. The van der Waals surface area contributed by atoms with Crippen LogP contribution in [0.1, 0.15) is 23.2 Å². The van der Waals surface area contributed by atoms with Crippen molar-refractivity contribution < 1.29 is 19.5 Å². The second kappa shape index (κ2) is 8.51. The zero-order valence-corrected chi connectivity index (χ0v) is 15.0. The standard InChI is InChI=1S/C16H19Cl2N3O4/c17-10-1-2-11(12(18)9-10)15(23)21-7-5-20(6-8-21)14(22)4-3-13(19)16(24)25/h1-2,9,13H,3-8,19H2,(H,24,25)/t13-/m0/s1. The molecule has 1 saturated heterocycles. The molecule has 0 aromatic heterocycles. The van der Waals surface area contributed by atoms with Crippen LogP contribution in [-0.2, 0) is 9.59 Å². The van der Waals surface area contributed by atoms with Crippen molar-refractivity contribution in [2.45, 2.75) is 18.9 Å². The smallest absolute Gasteiger partial charge is 0.320 e. The first-order valence-electron chi connectivity index (χ1n) is 7.80. The number of carboxylic acids is 1. The van der Waals surface area contributed by atoms with Gasteiger partial charge < -0.3 is 20.6 Å². The minimum absolute atomic E-state index is 0.0738. The molecular weight excluding hydrogens is 369 g/mol. The number of amides is 2. The Kier molecular flexibility index (Phi) is 6.64. The second-order valence-corrected chi connectivity index (χ2v) is 6.62. The van der Waals surface area contributed by atoms with Crippen LogP contribution in [0.4, 0.5) is 0 Å². The molecule has 25 heavy (non-hydrogen) atoms. The largest absolute Gasteiger partial charge is 0.480 e. The van der Waals surface area contributed by atoms with Crippen LogP contribution < -0.4 is 5.73 Å². The molecule has 1 heterocycles. The number of piperazine rings is 1. The molecule has 1 aromatic rings. The number of benzene rings is 1. The van der Waals surface area contributed by atoms with Gasteiger partial charge in [-0.2, -0.15) is 0 Å². The Morgan fingerprint density at radius 2 is 1.72 bits per heavy atom. The highest BCUT2D eigenvalue weighted by atomic mass is 35.5. The molecule has 0 bridgehead atoms. The molecule has 3 N–H and O–H groups in total. The van der Waals surface area contributed by atoms with E-state index in [1.807, 2.05) is 0 Å². The van der Waals surface area contributed by atoms with E-state index in [0.29, 0.717) is 41.8 Å². The first-order chi connectivity index (χ1) is 11.8. The number of nitrogens with zero attached hydrogens (tertiary/aromatic N) is 2. The third-order valence-corrected chi connectivity index (χ3v) is 4.62. The van der Waals surface area contributed by atoms with Gasteiger partial charge in [0, 0.05) is 37.6 Å². The summed E-state index contributed by atoms with van der Waals surface area (Å²) in [6.07, 6.45) is 0.165. The van der Waals surface area contributed by atoms with E-state index in [2.05, 4.69) is 0 Å². The van der Waals surface area contributed by atoms with E-state index in [-0.39, 0.29) is 24.7 Å². The fourth-order valence-electron chi connectivity index (χ4n) is 2.55. The highest BCUT2D eigenvalue weighted by Crippen LogP contribution is 2.23. The molecule has 0 aliphatic carbocycles. The molecule has 0 spiro atoms. The SMILES string of the molecule is N[C@@H](CCC(=O)N1CCN(C(=O)c2ccc(Cl)cc2Cl)CC1)C(=O)O. The maximum absolute atomic E-state index is 12.5. The Hall–Kier alpha value is -1.83. The van der Waals surface area contributed by atoms with Crippen molar-refractivity contribution in [2.24, 2.45) is 5.73 Å². The van der Waals surface area contributed by atoms with E-state index in [4.69, 9.17) is 34.0 Å². The topological polar surface area (TPSA) is 104 Å². The first kappa shape index (κ1) is 19.5. The summed E-state index contributed by atoms with van der Waals surface area (Å²) < 4.78 is 0. The summed E-state index contributed by atoms with van der Waals surface area (Å²) in [5, 5.41) is 9.48. The molecule has 7 nitrogen and oxygen atoms in total. The monoisotopic (exact) mass is 387 g/mol. The Labute approximate surface area is 155 Å². The number of nitrogens with two attached hydrogens (primary N) is 1. The highest BCUT2D eigenvalue weighted by Gasteiger charge is 2.26. The minimum atomic E-state index is -1.12. The van der Waals surface area contributed by atoms with Crippen LogP contribution in [0.25, 0.3) is 0 Å². The molecule has 1 atom stereocenters. The Morgan fingerprint density at radius 3 is 2.28 bits per heavy atom. The number of hydrogen-bond donors (Lipinski definition) is 2. The van der Waals surface area contributed by atoms with Crippen molar-refractivity contribution in [3.8, 4) is 0 Å². The lowest BCUT2D eigenvalue weighted by Gasteiger charge is -2.35. The molecule has 0 radical (unpaired) electrons. The Bertz CT molecular complexity index is 675. The molecule has 0 unspecified atom stereocenters. The van der Waals surface area contributed by atoms with Gasteiger partial charge in [-0.25, -0.2) is 0 Å². The molecule has 1 aliphatic rings. The van der Waals surface area contributed by atoms with E-state index in [1.165, 1.54) is 6.07 Å². The third-order valence-electron chi connectivity index (χ3n) is 4.07. The zero-order chi connectivity index (χ0) is 18.6. The average molecular weight is 388 g/mol. The molecule has 2 amide bonds. The van der Waals surface area contributed by atoms with Gasteiger partial charge in [-0.05, 0) is 24.6 Å². The van der Waals surface area contributed by atoms with Gasteiger partial charge in [0.1, 0.15) is 6.04 Å². The van der Waals surface area contributed by atoms with E-state index < -0.39 is 12.0 Å². The van der Waals surface area contributed by atoms with Gasteiger partial charge in [0.15, 0.2) is 0 Å². The summed E-state index contributed by atoms with van der Waals surface area (Å²) in [5.41, 5.74) is 5.77. The van der Waals surface area contributed by atoms with Gasteiger partial charge in [0.25, 0.3) is 5.91 Å². The number of carboxylic acid groups (broad SMARTS) is 1. The van der Waals surface area contributed by atoms with Crippen LogP contribution in [0.15, 0.2) is 18.2 Å². The quantitative estimate of drug-likeness (QED) is 0.795. The number of halogens is 2. The second-order valence-electron chi connectivity index (χ2n) is 5.78. The number of carbonyl (C=O) groups excluding carboxylic acids is 2. The van der Waals surface area contributed by atoms with Crippen molar-refractivity contribution >= 4 is 41.0 Å². The van der Waals surface area contributed by atoms with Gasteiger partial charge in [0.2, 0.25) is 5.91 Å². The summed E-state index contributed by atoms with van der Waals surface area (Å²) in [5.74, 6) is -1.49. The van der Waals surface area contributed by atoms with Gasteiger partial charge >= 0.3 is 5.97 Å². The normalized spacial score (nSPS) is 15.8. The lowest BCUT2D eigenvalue weighted by atomic mass is 10.1. The zero-order valence-electron chi connectivity index (χ0n) is 13.5. The lowest BCUT2D eigenvalue weighted by molar-refractivity contribution is -0.139. The van der Waals surface area contributed by atoms with Crippen molar-refractivity contribution in [3.63, 3.8) is 0 Å². The third kappa shape index (κ3) is 5.07. The van der Waals surface area contributed by atoms with Gasteiger partial charge in [-0.3, -0.25) is 14.4 Å². The molecule has 1 aliphatic heterocycles. The maximum Gasteiger partial charge on any atom is 0.320 e. The van der Waals surface area contributed by atoms with Crippen molar-refractivity contribution in [2.75, 3.05) is 26.2 Å². The summed E-state index contributed by atoms with van der Waals surface area (Å²) >= 11 is 11.9. The molecule has 1 fully saturated rings. The van der Waals surface area contributed by atoms with E-state index in [1.54, 1.807) is 21.9 Å². The van der Waals surface area contributed by atoms with Crippen molar-refractivity contribution in [3.05, 3.63) is 33.8 Å². The van der Waals surface area contributed by atoms with Gasteiger partial charge in [0.05, 0.1) is 10.6 Å². The van der Waals surface area contributed by atoms with Crippen LogP contribution in [0.5, 0.6) is 0 Å². The summed E-state index contributed by atoms with van der Waals surface area (Å²) in [7, 11) is 0. The minimum Gasteiger partial charge on any atom is -0.480 e. The van der Waals surface area contributed by atoms with Crippen LogP contribution in [0.3, 0.4) is 0 Å². The van der Waals surface area contributed by atoms with Crippen molar-refractivity contribution in [1.29, 1.82) is 0 Å². The predicted molar refractivity (Wildman–Crippen MR) is 93.8 cm³/mol. The first-order valence-corrected chi connectivity index (χ1v) is 8.55. The summed E-state index contributed by atoms with van der Waals surface area (Å²) in [6, 6.07) is 3.66. The number of rotatable bonds is 5. The maximum atomic E-state index is 12.5. The highest BCUT2D eigenvalue weighted by molar-refractivity contribution is 6.36. The molecule has 2 rings (SSSR count). The number of carbonyl (C=O) groups is 3. The van der Waals surface area contributed by atoms with Gasteiger partial charge in [-0.1, -0.05) is 23.2 Å². The number of aliphatic carboxylic acids is 1. The molecule has 136 valence electrons. The molecule has 1 aromatic carbocycles. The van der Waals surface area contributed by atoms with E-state index >= 15 is 0 Å². The van der Waals surface area contributed by atoms with Crippen molar-refractivity contribution in [1.82, 2.24) is 9.80 Å². The van der Waals surface area contributed by atoms with E-state index in [9.17, 15) is 14.4 Å². The fraction of sp³-hybridized carbons (Fsp3) is 0.438. The number of hydrogen-bond acceptors (Lipinski definition) is 4. The molecule has 9 heteroatoms. The Morgan fingerprint density at radius 1 is 1.12 bits per heavy atom. The molecule has 0 saturated carbocycles. The average Bonchev–Trinajstić information content (AvgIpc) is 2.58. The van der Waals surface area contributed by atoms with Gasteiger partial charge in [-0.15, -0.1) is 0 Å².